The van der Waals surface area contributed by atoms with Crippen LogP contribution in [0.2, 0.25) is 0 Å². The third-order valence-corrected chi connectivity index (χ3v) is 3.62. The predicted octanol–water partition coefficient (Wildman–Crippen LogP) is 1.28. The van der Waals surface area contributed by atoms with Crippen molar-refractivity contribution in [3.8, 4) is 0 Å². The maximum Gasteiger partial charge on any atom is 0.317 e. The minimum atomic E-state index is -0.837. The number of aryl methyl sites for hydroxylation is 1. The Hall–Kier alpha value is -2.05. The minimum Gasteiger partial charge on any atom is -0.481 e. The van der Waals surface area contributed by atoms with E-state index < -0.39 is 11.9 Å². The molecule has 0 aliphatic carbocycles. The number of piperidine rings is 1. The first-order valence-corrected chi connectivity index (χ1v) is 7.13. The second kappa shape index (κ2) is 6.60. The number of nitrogens with zero attached hydrogens (tertiary/aromatic N) is 2. The van der Waals surface area contributed by atoms with Crippen LogP contribution in [0.1, 0.15) is 24.8 Å². The maximum absolute atomic E-state index is 12.1. The van der Waals surface area contributed by atoms with E-state index in [-0.39, 0.29) is 18.5 Å². The summed E-state index contributed by atoms with van der Waals surface area (Å²) in [5, 5.41) is 15.7. The zero-order valence-electron chi connectivity index (χ0n) is 12.3. The number of carboxylic acids is 1. The van der Waals surface area contributed by atoms with Crippen LogP contribution in [0.15, 0.2) is 10.6 Å². The summed E-state index contributed by atoms with van der Waals surface area (Å²) in [4.78, 5) is 24.8. The van der Waals surface area contributed by atoms with Gasteiger partial charge < -0.3 is 19.8 Å². The third kappa shape index (κ3) is 4.21. The van der Waals surface area contributed by atoms with Gasteiger partial charge in [-0.15, -0.1) is 0 Å². The Morgan fingerprint density at radius 1 is 1.52 bits per heavy atom. The van der Waals surface area contributed by atoms with Crippen LogP contribution in [-0.2, 0) is 11.2 Å². The lowest BCUT2D eigenvalue weighted by Gasteiger charge is -2.34. The number of urea groups is 1. The van der Waals surface area contributed by atoms with E-state index in [0.717, 1.165) is 11.5 Å². The molecule has 7 heteroatoms. The van der Waals surface area contributed by atoms with Crippen LogP contribution in [0.4, 0.5) is 4.79 Å². The average Bonchev–Trinajstić information content (AvgIpc) is 2.83. The second-order valence-corrected chi connectivity index (χ2v) is 5.70. The van der Waals surface area contributed by atoms with Crippen molar-refractivity contribution in [3.05, 3.63) is 17.5 Å². The Kier molecular flexibility index (Phi) is 4.82. The van der Waals surface area contributed by atoms with Crippen molar-refractivity contribution >= 4 is 12.0 Å². The molecule has 1 aromatic rings. The number of carbonyl (C=O) groups excluding carboxylic acids is 1. The molecule has 0 spiro atoms. The van der Waals surface area contributed by atoms with Crippen LogP contribution in [0, 0.1) is 18.8 Å². The third-order valence-electron chi connectivity index (χ3n) is 3.62. The van der Waals surface area contributed by atoms with Gasteiger partial charge in [0.05, 0.1) is 11.6 Å². The quantitative estimate of drug-likeness (QED) is 0.872. The molecular formula is C14H21N3O4. The van der Waals surface area contributed by atoms with Crippen LogP contribution < -0.4 is 5.32 Å². The number of carboxylic acid groups (broad SMARTS) is 1. The Morgan fingerprint density at radius 2 is 2.29 bits per heavy atom. The topological polar surface area (TPSA) is 95.7 Å². The molecule has 1 aromatic heterocycles. The monoisotopic (exact) mass is 295 g/mol. The molecule has 0 radical (unpaired) electrons. The van der Waals surface area contributed by atoms with Crippen LogP contribution in [0.5, 0.6) is 0 Å². The van der Waals surface area contributed by atoms with Crippen molar-refractivity contribution in [2.24, 2.45) is 11.8 Å². The van der Waals surface area contributed by atoms with Gasteiger partial charge in [-0.05, 0) is 19.3 Å². The van der Waals surface area contributed by atoms with Gasteiger partial charge in [0.25, 0.3) is 0 Å². The number of hydrogen-bond acceptors (Lipinski definition) is 4. The highest BCUT2D eigenvalue weighted by Gasteiger charge is 2.31. The van der Waals surface area contributed by atoms with Crippen molar-refractivity contribution in [3.63, 3.8) is 0 Å². The highest BCUT2D eigenvalue weighted by Crippen LogP contribution is 2.21. The van der Waals surface area contributed by atoms with Crippen molar-refractivity contribution in [1.29, 1.82) is 0 Å². The fourth-order valence-corrected chi connectivity index (χ4v) is 2.63. The van der Waals surface area contributed by atoms with Crippen LogP contribution >= 0.6 is 0 Å². The summed E-state index contributed by atoms with van der Waals surface area (Å²) in [6.07, 6.45) is 1.19. The maximum atomic E-state index is 12.1. The summed E-state index contributed by atoms with van der Waals surface area (Å²) in [7, 11) is 0. The first kappa shape index (κ1) is 15.3. The molecule has 1 saturated heterocycles. The van der Waals surface area contributed by atoms with Crippen LogP contribution in [-0.4, -0.2) is 46.8 Å². The highest BCUT2D eigenvalue weighted by molar-refractivity contribution is 5.76. The summed E-state index contributed by atoms with van der Waals surface area (Å²) in [6.45, 7) is 5.11. The molecule has 0 aromatic carbocycles. The fourth-order valence-electron chi connectivity index (χ4n) is 2.63. The van der Waals surface area contributed by atoms with Gasteiger partial charge in [0.15, 0.2) is 0 Å². The zero-order chi connectivity index (χ0) is 15.4. The first-order valence-electron chi connectivity index (χ1n) is 7.13. The summed E-state index contributed by atoms with van der Waals surface area (Å²) in [5.41, 5.74) is 0.811. The summed E-state index contributed by atoms with van der Waals surface area (Å²) in [5.74, 6) is -0.390. The van der Waals surface area contributed by atoms with Gasteiger partial charge in [0, 0.05) is 32.1 Å². The molecule has 2 rings (SSSR count). The normalized spacial score (nSPS) is 22.1. The Morgan fingerprint density at radius 3 is 2.90 bits per heavy atom. The van der Waals surface area contributed by atoms with Gasteiger partial charge in [0.2, 0.25) is 0 Å². The van der Waals surface area contributed by atoms with E-state index in [9.17, 15) is 9.59 Å². The highest BCUT2D eigenvalue weighted by atomic mass is 16.5. The van der Waals surface area contributed by atoms with E-state index in [1.54, 1.807) is 4.90 Å². The first-order chi connectivity index (χ1) is 9.95. The molecule has 7 nitrogen and oxygen atoms in total. The van der Waals surface area contributed by atoms with Crippen molar-refractivity contribution in [1.82, 2.24) is 15.4 Å². The number of aromatic nitrogens is 1. The van der Waals surface area contributed by atoms with E-state index in [2.05, 4.69) is 10.5 Å². The molecule has 0 bridgehead atoms. The van der Waals surface area contributed by atoms with Gasteiger partial charge in [-0.25, -0.2) is 4.79 Å². The molecule has 1 aliphatic rings. The van der Waals surface area contributed by atoms with Crippen molar-refractivity contribution in [2.75, 3.05) is 19.6 Å². The number of nitrogens with one attached hydrogen (secondary N) is 1. The molecule has 2 atom stereocenters. The molecule has 2 N–H and O–H groups in total. The van der Waals surface area contributed by atoms with Gasteiger partial charge in [-0.2, -0.15) is 0 Å². The number of aliphatic carboxylic acids is 1. The van der Waals surface area contributed by atoms with Gasteiger partial charge in [-0.3, -0.25) is 4.79 Å². The SMILES string of the molecule is Cc1cc(CCNC(=O)N2CC(C)CC(C(=O)O)C2)on1. The molecule has 1 aliphatic heterocycles. The number of carbonyl (C=O) groups is 2. The Labute approximate surface area is 123 Å². The molecular weight excluding hydrogens is 274 g/mol. The summed E-state index contributed by atoms with van der Waals surface area (Å²) < 4.78 is 5.06. The van der Waals surface area contributed by atoms with Crippen molar-refractivity contribution in [2.45, 2.75) is 26.7 Å². The van der Waals surface area contributed by atoms with Gasteiger partial charge in [0.1, 0.15) is 5.76 Å². The largest absolute Gasteiger partial charge is 0.481 e. The lowest BCUT2D eigenvalue weighted by Crippen LogP contribution is -2.49. The predicted molar refractivity (Wildman–Crippen MR) is 74.8 cm³/mol. The van der Waals surface area contributed by atoms with E-state index in [1.807, 2.05) is 19.9 Å². The zero-order valence-corrected chi connectivity index (χ0v) is 12.3. The molecule has 116 valence electrons. The molecule has 2 heterocycles. The summed E-state index contributed by atoms with van der Waals surface area (Å²) >= 11 is 0. The molecule has 0 saturated carbocycles. The van der Waals surface area contributed by atoms with E-state index >= 15 is 0 Å². The van der Waals surface area contributed by atoms with E-state index in [0.29, 0.717) is 25.9 Å². The average molecular weight is 295 g/mol. The van der Waals surface area contributed by atoms with Crippen LogP contribution in [0.3, 0.4) is 0 Å². The lowest BCUT2D eigenvalue weighted by molar-refractivity contribution is -0.143. The van der Waals surface area contributed by atoms with Crippen LogP contribution in [0.25, 0.3) is 0 Å². The van der Waals surface area contributed by atoms with Gasteiger partial charge in [-0.1, -0.05) is 12.1 Å². The Bertz CT molecular complexity index is 514. The Balaban J connectivity index is 1.80. The molecule has 2 amide bonds. The number of likely N-dealkylation sites (tertiary alicyclic amines) is 1. The molecule has 1 fully saturated rings. The lowest BCUT2D eigenvalue weighted by atomic mass is 9.91. The van der Waals surface area contributed by atoms with Gasteiger partial charge >= 0.3 is 12.0 Å². The standard InChI is InChI=1S/C14H21N3O4/c1-9-5-11(13(18)19)8-17(7-9)14(20)15-4-3-12-6-10(2)16-21-12/h6,9,11H,3-5,7-8H2,1-2H3,(H,15,20)(H,18,19). The van der Waals surface area contributed by atoms with E-state index in [4.69, 9.17) is 9.63 Å². The summed E-state index contributed by atoms with van der Waals surface area (Å²) in [6, 6.07) is 1.61. The smallest absolute Gasteiger partial charge is 0.317 e. The molecule has 2 unspecified atom stereocenters. The molecule has 21 heavy (non-hydrogen) atoms. The fraction of sp³-hybridized carbons (Fsp3) is 0.643. The number of amides is 2. The minimum absolute atomic E-state index is 0.197. The number of rotatable bonds is 4. The van der Waals surface area contributed by atoms with E-state index in [1.165, 1.54) is 0 Å². The van der Waals surface area contributed by atoms with Crippen molar-refractivity contribution < 1.29 is 19.2 Å². The second-order valence-electron chi connectivity index (χ2n) is 5.70. The number of hydrogen-bond donors (Lipinski definition) is 2.